The van der Waals surface area contributed by atoms with E-state index in [9.17, 15) is 18.0 Å². The first-order chi connectivity index (χ1) is 16.4. The molecule has 1 amide bonds. The largest absolute Gasteiger partial charge is 0.444 e. The molecule has 0 bridgehead atoms. The zero-order chi connectivity index (χ0) is 25.4. The van der Waals surface area contributed by atoms with E-state index in [-0.39, 0.29) is 6.04 Å². The van der Waals surface area contributed by atoms with Gasteiger partial charge in [-0.05, 0) is 39.0 Å². The molecule has 1 saturated heterocycles. The predicted octanol–water partition coefficient (Wildman–Crippen LogP) is 5.59. The average Bonchev–Trinajstić information content (AvgIpc) is 2.74. The number of nitrogens with one attached hydrogen (secondary N) is 1. The molecule has 11 heteroatoms. The topological polar surface area (TPSA) is 80.2 Å². The standard InChI is InChI=1S/C24H23ClF3N5O2/c1-23(2,3)35-22(34)31-16-12-33(13-16)19-11-30-20(14-4-6-15(7-5-14)24(26,27)28)21(32-19)17-8-9-29-10-18(17)25/h4-11,16H,12-13H2,1-3H3,(H,31,34). The van der Waals surface area contributed by atoms with Gasteiger partial charge in [-0.15, -0.1) is 0 Å². The molecule has 0 unspecified atom stereocenters. The number of ether oxygens (including phenoxy) is 1. The van der Waals surface area contributed by atoms with Crippen molar-refractivity contribution in [3.63, 3.8) is 0 Å². The summed E-state index contributed by atoms with van der Waals surface area (Å²) in [5.41, 5.74) is 0.477. The Balaban J connectivity index is 1.60. The highest BCUT2D eigenvalue weighted by molar-refractivity contribution is 6.33. The van der Waals surface area contributed by atoms with Crippen LogP contribution >= 0.6 is 11.6 Å². The molecular weight excluding hydrogens is 483 g/mol. The number of alkyl halides is 3. The number of nitrogens with zero attached hydrogens (tertiary/aromatic N) is 4. The quantitative estimate of drug-likeness (QED) is 0.498. The number of pyridine rings is 1. The highest BCUT2D eigenvalue weighted by atomic mass is 35.5. The van der Waals surface area contributed by atoms with Gasteiger partial charge in [0, 0.05) is 36.6 Å². The molecular formula is C24H23ClF3N5O2. The second kappa shape index (κ2) is 9.33. The van der Waals surface area contributed by atoms with E-state index in [0.29, 0.717) is 46.4 Å². The molecule has 1 aromatic carbocycles. The minimum absolute atomic E-state index is 0.116. The monoisotopic (exact) mass is 505 g/mol. The normalized spacial score (nSPS) is 14.4. The molecule has 1 aliphatic heterocycles. The van der Waals surface area contributed by atoms with Crippen LogP contribution in [-0.4, -0.2) is 45.8 Å². The van der Waals surface area contributed by atoms with Gasteiger partial charge in [-0.3, -0.25) is 9.97 Å². The van der Waals surface area contributed by atoms with Crippen molar-refractivity contribution in [1.82, 2.24) is 20.3 Å². The van der Waals surface area contributed by atoms with Crippen molar-refractivity contribution < 1.29 is 22.7 Å². The average molecular weight is 506 g/mol. The molecule has 1 fully saturated rings. The third kappa shape index (κ3) is 5.82. The van der Waals surface area contributed by atoms with Crippen LogP contribution < -0.4 is 10.2 Å². The smallest absolute Gasteiger partial charge is 0.416 e. The maximum absolute atomic E-state index is 13.0. The summed E-state index contributed by atoms with van der Waals surface area (Å²) in [7, 11) is 0. The van der Waals surface area contributed by atoms with Crippen LogP contribution in [0.3, 0.4) is 0 Å². The Morgan fingerprint density at radius 1 is 1.09 bits per heavy atom. The van der Waals surface area contributed by atoms with Crippen molar-refractivity contribution in [2.24, 2.45) is 0 Å². The van der Waals surface area contributed by atoms with Crippen LogP contribution in [0.25, 0.3) is 22.5 Å². The lowest BCUT2D eigenvalue weighted by Gasteiger charge is -2.40. The third-order valence-electron chi connectivity index (χ3n) is 5.20. The number of anilines is 1. The van der Waals surface area contributed by atoms with Gasteiger partial charge in [0.2, 0.25) is 0 Å². The van der Waals surface area contributed by atoms with Gasteiger partial charge < -0.3 is 15.0 Å². The van der Waals surface area contributed by atoms with Crippen LogP contribution in [0.15, 0.2) is 48.9 Å². The van der Waals surface area contributed by atoms with Crippen molar-refractivity contribution in [1.29, 1.82) is 0 Å². The fourth-order valence-corrected chi connectivity index (χ4v) is 3.76. The lowest BCUT2D eigenvalue weighted by atomic mass is 10.0. The minimum atomic E-state index is -4.44. The number of hydrogen-bond acceptors (Lipinski definition) is 6. The summed E-state index contributed by atoms with van der Waals surface area (Å²) in [5, 5.41) is 3.14. The zero-order valence-electron chi connectivity index (χ0n) is 19.2. The number of carbonyl (C=O) groups excluding carboxylic acids is 1. The Kier molecular flexibility index (Phi) is 6.59. The highest BCUT2D eigenvalue weighted by Gasteiger charge is 2.32. The van der Waals surface area contributed by atoms with Crippen LogP contribution in [0.2, 0.25) is 5.02 Å². The van der Waals surface area contributed by atoms with Gasteiger partial charge in [0.25, 0.3) is 0 Å². The lowest BCUT2D eigenvalue weighted by molar-refractivity contribution is -0.137. The van der Waals surface area contributed by atoms with Crippen LogP contribution in [0.4, 0.5) is 23.8 Å². The van der Waals surface area contributed by atoms with E-state index < -0.39 is 23.4 Å². The van der Waals surface area contributed by atoms with Gasteiger partial charge in [-0.25, -0.2) is 9.78 Å². The number of benzene rings is 1. The number of aromatic nitrogens is 3. The summed E-state index contributed by atoms with van der Waals surface area (Å²) in [6, 6.07) is 6.28. The molecule has 7 nitrogen and oxygen atoms in total. The molecule has 0 saturated carbocycles. The number of rotatable bonds is 4. The molecule has 1 aliphatic rings. The SMILES string of the molecule is CC(C)(C)OC(=O)NC1CN(c2cnc(-c3ccc(C(F)(F)F)cc3)c(-c3ccncc3Cl)n2)C1. The van der Waals surface area contributed by atoms with Crippen molar-refractivity contribution in [3.05, 3.63) is 59.5 Å². The summed E-state index contributed by atoms with van der Waals surface area (Å²) in [6.45, 7) is 6.37. The Morgan fingerprint density at radius 2 is 1.77 bits per heavy atom. The second-order valence-corrected chi connectivity index (χ2v) is 9.51. The lowest BCUT2D eigenvalue weighted by Crippen LogP contribution is -2.60. The fourth-order valence-electron chi connectivity index (χ4n) is 3.55. The summed E-state index contributed by atoms with van der Waals surface area (Å²) >= 11 is 6.36. The van der Waals surface area contributed by atoms with E-state index in [1.165, 1.54) is 18.3 Å². The van der Waals surface area contributed by atoms with Gasteiger partial charge in [-0.1, -0.05) is 23.7 Å². The van der Waals surface area contributed by atoms with E-state index in [2.05, 4.69) is 15.3 Å². The van der Waals surface area contributed by atoms with Crippen molar-refractivity contribution in [2.45, 2.75) is 38.6 Å². The number of alkyl carbamates (subject to hydrolysis) is 1. The molecule has 35 heavy (non-hydrogen) atoms. The van der Waals surface area contributed by atoms with Crippen molar-refractivity contribution in [3.8, 4) is 22.5 Å². The minimum Gasteiger partial charge on any atom is -0.444 e. The Labute approximate surface area is 205 Å². The van der Waals surface area contributed by atoms with E-state index in [4.69, 9.17) is 21.3 Å². The van der Waals surface area contributed by atoms with Gasteiger partial charge in [0.1, 0.15) is 17.1 Å². The maximum atomic E-state index is 13.0. The second-order valence-electron chi connectivity index (χ2n) is 9.10. The van der Waals surface area contributed by atoms with E-state index >= 15 is 0 Å². The van der Waals surface area contributed by atoms with E-state index in [0.717, 1.165) is 12.1 Å². The van der Waals surface area contributed by atoms with Gasteiger partial charge in [-0.2, -0.15) is 13.2 Å². The first-order valence-electron chi connectivity index (χ1n) is 10.8. The van der Waals surface area contributed by atoms with E-state index in [1.807, 2.05) is 4.90 Å². The van der Waals surface area contributed by atoms with Gasteiger partial charge in [0.05, 0.1) is 28.5 Å². The number of amides is 1. The number of halogens is 4. The maximum Gasteiger partial charge on any atom is 0.416 e. The molecule has 3 aromatic rings. The van der Waals surface area contributed by atoms with Crippen LogP contribution in [-0.2, 0) is 10.9 Å². The summed E-state index contributed by atoms with van der Waals surface area (Å²) < 4.78 is 44.3. The Hall–Kier alpha value is -3.40. The molecule has 1 N–H and O–H groups in total. The number of hydrogen-bond donors (Lipinski definition) is 1. The van der Waals surface area contributed by atoms with Crippen molar-refractivity contribution >= 4 is 23.5 Å². The number of carbonyl (C=O) groups is 1. The molecule has 2 aromatic heterocycles. The zero-order valence-corrected chi connectivity index (χ0v) is 20.0. The van der Waals surface area contributed by atoms with Gasteiger partial charge in [0.15, 0.2) is 0 Å². The Bertz CT molecular complexity index is 1220. The first-order valence-corrected chi connectivity index (χ1v) is 11.2. The summed E-state index contributed by atoms with van der Waals surface area (Å²) in [5.74, 6) is 0.547. The molecule has 4 rings (SSSR count). The molecule has 3 heterocycles. The Morgan fingerprint density at radius 3 is 2.37 bits per heavy atom. The fraction of sp³-hybridized carbons (Fsp3) is 0.333. The van der Waals surface area contributed by atoms with Crippen molar-refractivity contribution in [2.75, 3.05) is 18.0 Å². The molecule has 0 spiro atoms. The first kappa shape index (κ1) is 24.7. The van der Waals surface area contributed by atoms with E-state index in [1.54, 1.807) is 39.2 Å². The van der Waals surface area contributed by atoms with Gasteiger partial charge >= 0.3 is 12.3 Å². The summed E-state index contributed by atoms with van der Waals surface area (Å²) in [4.78, 5) is 27.2. The predicted molar refractivity (Wildman–Crippen MR) is 126 cm³/mol. The van der Waals surface area contributed by atoms with Crippen LogP contribution in [0.1, 0.15) is 26.3 Å². The molecule has 0 atom stereocenters. The molecule has 0 aliphatic carbocycles. The molecule has 184 valence electrons. The summed E-state index contributed by atoms with van der Waals surface area (Å²) in [6.07, 6.45) is -0.361. The van der Waals surface area contributed by atoms with Crippen LogP contribution in [0, 0.1) is 0 Å². The molecule has 0 radical (unpaired) electrons. The third-order valence-corrected chi connectivity index (χ3v) is 5.50. The highest BCUT2D eigenvalue weighted by Crippen LogP contribution is 2.36. The van der Waals surface area contributed by atoms with Crippen LogP contribution in [0.5, 0.6) is 0 Å².